The quantitative estimate of drug-likeness (QED) is 0.803. The normalized spacial score (nSPS) is 11.3. The Hall–Kier alpha value is -2.30. The van der Waals surface area contributed by atoms with Crippen molar-refractivity contribution < 1.29 is 22.7 Å². The van der Waals surface area contributed by atoms with E-state index in [2.05, 4.69) is 25.6 Å². The van der Waals surface area contributed by atoms with Crippen LogP contribution in [-0.4, -0.2) is 44.8 Å². The third kappa shape index (κ3) is 5.13. The van der Waals surface area contributed by atoms with Gasteiger partial charge < -0.3 is 10.1 Å². The molecule has 7 nitrogen and oxygen atoms in total. The molecule has 0 radical (unpaired) electrons. The number of halogens is 3. The number of thioether (sulfide) groups is 1. The summed E-state index contributed by atoms with van der Waals surface area (Å²) in [6.45, 7) is 2.32. The topological polar surface area (TPSA) is 81.9 Å². The van der Waals surface area contributed by atoms with Gasteiger partial charge in [0.25, 0.3) is 0 Å². The Balaban J connectivity index is 2.08. The van der Waals surface area contributed by atoms with E-state index in [-0.39, 0.29) is 17.4 Å². The highest BCUT2D eigenvalue weighted by Gasteiger charge is 2.31. The molecule has 124 valence electrons. The molecule has 2 aromatic rings. The van der Waals surface area contributed by atoms with Crippen molar-refractivity contribution in [2.45, 2.75) is 18.4 Å². The van der Waals surface area contributed by atoms with E-state index in [1.54, 1.807) is 6.92 Å². The second-order valence-corrected chi connectivity index (χ2v) is 5.10. The molecule has 0 atom stereocenters. The van der Waals surface area contributed by atoms with Crippen molar-refractivity contribution in [3.8, 4) is 11.4 Å². The standard InChI is InChI=1S/C12H12F3N5O2S/c1-2-16-10(21)7-23-11-17-18-19-20(11)8-3-5-9(6-4-8)22-12(13,14)15/h3-6H,2,7H2,1H3,(H,16,21). The number of rotatable bonds is 6. The van der Waals surface area contributed by atoms with Gasteiger partial charge in [-0.15, -0.1) is 18.3 Å². The van der Waals surface area contributed by atoms with Crippen molar-refractivity contribution >= 4 is 17.7 Å². The van der Waals surface area contributed by atoms with Crippen molar-refractivity contribution in [3.05, 3.63) is 24.3 Å². The smallest absolute Gasteiger partial charge is 0.406 e. The number of nitrogens with zero attached hydrogens (tertiary/aromatic N) is 4. The molecule has 2 rings (SSSR count). The fourth-order valence-electron chi connectivity index (χ4n) is 1.60. The molecule has 11 heteroatoms. The number of carbonyl (C=O) groups excluding carboxylic acids is 1. The van der Waals surface area contributed by atoms with Gasteiger partial charge in [0, 0.05) is 6.54 Å². The van der Waals surface area contributed by atoms with Crippen LogP contribution in [0.2, 0.25) is 0 Å². The molecule has 0 spiro atoms. The van der Waals surface area contributed by atoms with E-state index in [1.165, 1.54) is 16.8 Å². The zero-order chi connectivity index (χ0) is 16.9. The van der Waals surface area contributed by atoms with E-state index in [0.29, 0.717) is 17.4 Å². The number of hydrogen-bond donors (Lipinski definition) is 1. The van der Waals surface area contributed by atoms with Crippen molar-refractivity contribution in [2.24, 2.45) is 0 Å². The summed E-state index contributed by atoms with van der Waals surface area (Å²) in [4.78, 5) is 11.4. The lowest BCUT2D eigenvalue weighted by atomic mass is 10.3. The molecular formula is C12H12F3N5O2S. The molecule has 0 aliphatic carbocycles. The van der Waals surface area contributed by atoms with Gasteiger partial charge in [0.2, 0.25) is 11.1 Å². The Morgan fingerprint density at radius 1 is 1.35 bits per heavy atom. The highest BCUT2D eigenvalue weighted by atomic mass is 32.2. The lowest BCUT2D eigenvalue weighted by Crippen LogP contribution is -2.24. The predicted octanol–water partition coefficient (Wildman–Crippen LogP) is 1.79. The highest BCUT2D eigenvalue weighted by molar-refractivity contribution is 7.99. The maximum Gasteiger partial charge on any atom is 0.573 e. The van der Waals surface area contributed by atoms with Crippen LogP contribution in [0.25, 0.3) is 5.69 Å². The van der Waals surface area contributed by atoms with Crippen molar-refractivity contribution in [1.82, 2.24) is 25.5 Å². The molecular weight excluding hydrogens is 335 g/mol. The fraction of sp³-hybridized carbons (Fsp3) is 0.333. The minimum atomic E-state index is -4.75. The Labute approximate surface area is 133 Å². The third-order valence-electron chi connectivity index (χ3n) is 2.46. The van der Waals surface area contributed by atoms with Crippen molar-refractivity contribution in [3.63, 3.8) is 0 Å². The molecule has 1 heterocycles. The van der Waals surface area contributed by atoms with E-state index in [0.717, 1.165) is 23.9 Å². The Kier molecular flexibility index (Phi) is 5.42. The predicted molar refractivity (Wildman–Crippen MR) is 75.2 cm³/mol. The van der Waals surface area contributed by atoms with E-state index in [1.807, 2.05) is 0 Å². The number of benzene rings is 1. The number of amides is 1. The maximum atomic E-state index is 12.1. The average Bonchev–Trinajstić information content (AvgIpc) is 2.93. The molecule has 1 amide bonds. The first-order valence-electron chi connectivity index (χ1n) is 6.43. The minimum absolute atomic E-state index is 0.128. The summed E-state index contributed by atoms with van der Waals surface area (Å²) in [5.41, 5.74) is 0.447. The van der Waals surface area contributed by atoms with Gasteiger partial charge in [-0.05, 0) is 41.6 Å². The van der Waals surface area contributed by atoms with Gasteiger partial charge in [0.05, 0.1) is 11.4 Å². The van der Waals surface area contributed by atoms with Gasteiger partial charge in [-0.3, -0.25) is 4.79 Å². The van der Waals surface area contributed by atoms with Gasteiger partial charge in [-0.1, -0.05) is 11.8 Å². The number of alkyl halides is 3. The summed E-state index contributed by atoms with van der Waals surface area (Å²) in [6.07, 6.45) is -4.75. The first-order chi connectivity index (χ1) is 10.9. The van der Waals surface area contributed by atoms with Crippen molar-refractivity contribution in [1.29, 1.82) is 0 Å². The number of ether oxygens (including phenoxy) is 1. The van der Waals surface area contributed by atoms with Crippen LogP contribution in [-0.2, 0) is 4.79 Å². The molecule has 0 fully saturated rings. The summed E-state index contributed by atoms with van der Waals surface area (Å²) >= 11 is 1.11. The Bertz CT molecular complexity index is 659. The van der Waals surface area contributed by atoms with E-state index in [9.17, 15) is 18.0 Å². The van der Waals surface area contributed by atoms with Gasteiger partial charge in [-0.2, -0.15) is 4.68 Å². The molecule has 0 aliphatic rings. The fourth-order valence-corrected chi connectivity index (χ4v) is 2.32. The third-order valence-corrected chi connectivity index (χ3v) is 3.38. The van der Waals surface area contributed by atoms with Gasteiger partial charge in [0.15, 0.2) is 0 Å². The lowest BCUT2D eigenvalue weighted by molar-refractivity contribution is -0.274. The lowest BCUT2D eigenvalue weighted by Gasteiger charge is -2.09. The van der Waals surface area contributed by atoms with Crippen LogP contribution >= 0.6 is 11.8 Å². The number of nitrogens with one attached hydrogen (secondary N) is 1. The molecule has 0 bridgehead atoms. The molecule has 0 unspecified atom stereocenters. The summed E-state index contributed by atoms with van der Waals surface area (Å²) in [6, 6.07) is 5.08. The summed E-state index contributed by atoms with van der Waals surface area (Å²) < 4.78 is 41.5. The maximum absolute atomic E-state index is 12.1. The Morgan fingerprint density at radius 3 is 2.65 bits per heavy atom. The van der Waals surface area contributed by atoms with Gasteiger partial charge in [0.1, 0.15) is 5.75 Å². The number of hydrogen-bond acceptors (Lipinski definition) is 6. The summed E-state index contributed by atoms with van der Waals surface area (Å²) in [5, 5.41) is 14.0. The van der Waals surface area contributed by atoms with Gasteiger partial charge >= 0.3 is 6.36 Å². The molecule has 0 saturated carbocycles. The van der Waals surface area contributed by atoms with E-state index in [4.69, 9.17) is 0 Å². The molecule has 0 aliphatic heterocycles. The van der Waals surface area contributed by atoms with Crippen LogP contribution in [0.15, 0.2) is 29.4 Å². The zero-order valence-corrected chi connectivity index (χ0v) is 12.7. The molecule has 1 aromatic heterocycles. The van der Waals surface area contributed by atoms with Crippen LogP contribution in [0.1, 0.15) is 6.92 Å². The molecule has 0 saturated heterocycles. The number of tetrazole rings is 1. The summed E-state index contributed by atoms with van der Waals surface area (Å²) in [7, 11) is 0. The average molecular weight is 347 g/mol. The number of aromatic nitrogens is 4. The minimum Gasteiger partial charge on any atom is -0.406 e. The Morgan fingerprint density at radius 2 is 2.04 bits per heavy atom. The van der Waals surface area contributed by atoms with E-state index >= 15 is 0 Å². The SMILES string of the molecule is CCNC(=O)CSc1nnnn1-c1ccc(OC(F)(F)F)cc1. The van der Waals surface area contributed by atoms with Crippen LogP contribution in [0.5, 0.6) is 5.75 Å². The second-order valence-electron chi connectivity index (χ2n) is 4.16. The van der Waals surface area contributed by atoms with E-state index < -0.39 is 6.36 Å². The van der Waals surface area contributed by atoms with Crippen LogP contribution < -0.4 is 10.1 Å². The van der Waals surface area contributed by atoms with Crippen LogP contribution in [0, 0.1) is 0 Å². The number of carbonyl (C=O) groups is 1. The first kappa shape index (κ1) is 17.1. The highest BCUT2D eigenvalue weighted by Crippen LogP contribution is 2.24. The zero-order valence-electron chi connectivity index (χ0n) is 11.9. The van der Waals surface area contributed by atoms with Gasteiger partial charge in [-0.25, -0.2) is 0 Å². The molecule has 23 heavy (non-hydrogen) atoms. The first-order valence-corrected chi connectivity index (χ1v) is 7.41. The monoisotopic (exact) mass is 347 g/mol. The largest absolute Gasteiger partial charge is 0.573 e. The van der Waals surface area contributed by atoms with Crippen LogP contribution in [0.3, 0.4) is 0 Å². The summed E-state index contributed by atoms with van der Waals surface area (Å²) in [5.74, 6) is -0.379. The molecule has 1 N–H and O–H groups in total. The van der Waals surface area contributed by atoms with Crippen LogP contribution in [0.4, 0.5) is 13.2 Å². The molecule has 1 aromatic carbocycles. The second kappa shape index (κ2) is 7.31. The van der Waals surface area contributed by atoms with Crippen molar-refractivity contribution in [2.75, 3.05) is 12.3 Å².